The van der Waals surface area contributed by atoms with Crippen molar-refractivity contribution in [2.75, 3.05) is 7.11 Å². The molecular weight excluding hydrogens is 414 g/mol. The molecule has 2 aromatic carbocycles. The number of tetrazole rings is 1. The summed E-state index contributed by atoms with van der Waals surface area (Å²) in [6.07, 6.45) is 1.45. The van der Waals surface area contributed by atoms with Crippen molar-refractivity contribution in [3.63, 3.8) is 0 Å². The first kappa shape index (κ1) is 21.0. The molecule has 0 bridgehead atoms. The van der Waals surface area contributed by atoms with Gasteiger partial charge in [0, 0.05) is 10.5 Å². The summed E-state index contributed by atoms with van der Waals surface area (Å²) in [5.41, 5.74) is 3.08. The number of rotatable bonds is 4. The highest BCUT2D eigenvalue weighted by atomic mass is 16.6. The largest absolute Gasteiger partial charge is 0.497 e. The lowest BCUT2D eigenvalue weighted by Gasteiger charge is -2.06. The molecule has 4 aromatic rings. The molecular formula is C21H21N7O4. The topological polar surface area (TPSA) is 123 Å². The van der Waals surface area contributed by atoms with Crippen molar-refractivity contribution >= 4 is 5.82 Å². The van der Waals surface area contributed by atoms with Crippen molar-refractivity contribution in [2.24, 2.45) is 0 Å². The van der Waals surface area contributed by atoms with E-state index in [1.54, 1.807) is 16.4 Å². The SMILES string of the molecule is CC1Cn2cc([N+](=O)[O-])nc2O1.COc1ccc(-n2nnnc2-c2ccc(C)cc2)cc1. The maximum absolute atomic E-state index is 10.3. The lowest BCUT2D eigenvalue weighted by molar-refractivity contribution is -0.389. The van der Waals surface area contributed by atoms with Gasteiger partial charge in [0.15, 0.2) is 5.82 Å². The fourth-order valence-corrected chi connectivity index (χ4v) is 3.16. The van der Waals surface area contributed by atoms with E-state index < -0.39 is 4.92 Å². The lowest BCUT2D eigenvalue weighted by Crippen LogP contribution is -2.08. The quantitative estimate of drug-likeness (QED) is 0.354. The van der Waals surface area contributed by atoms with E-state index >= 15 is 0 Å². The number of nitro groups is 1. The number of fused-ring (bicyclic) bond motifs is 1. The molecule has 3 heterocycles. The van der Waals surface area contributed by atoms with Gasteiger partial charge in [-0.1, -0.05) is 29.8 Å². The van der Waals surface area contributed by atoms with Crippen molar-refractivity contribution in [3.05, 3.63) is 70.4 Å². The zero-order chi connectivity index (χ0) is 22.7. The molecule has 0 N–H and O–H groups in total. The van der Waals surface area contributed by atoms with Crippen LogP contribution in [0.3, 0.4) is 0 Å². The third-order valence-corrected chi connectivity index (χ3v) is 4.77. The Morgan fingerprint density at radius 3 is 2.50 bits per heavy atom. The highest BCUT2D eigenvalue weighted by Gasteiger charge is 2.28. The first-order valence-electron chi connectivity index (χ1n) is 9.82. The van der Waals surface area contributed by atoms with E-state index in [-0.39, 0.29) is 11.9 Å². The molecule has 164 valence electrons. The number of benzene rings is 2. The van der Waals surface area contributed by atoms with E-state index in [1.165, 1.54) is 11.8 Å². The summed E-state index contributed by atoms with van der Waals surface area (Å²) in [6, 6.07) is 16.1. The summed E-state index contributed by atoms with van der Waals surface area (Å²) in [5, 5.41) is 22.2. The summed E-state index contributed by atoms with van der Waals surface area (Å²) < 4.78 is 13.7. The van der Waals surface area contributed by atoms with Crippen LogP contribution >= 0.6 is 0 Å². The lowest BCUT2D eigenvalue weighted by atomic mass is 10.1. The highest BCUT2D eigenvalue weighted by Crippen LogP contribution is 2.24. The van der Waals surface area contributed by atoms with E-state index in [0.29, 0.717) is 12.6 Å². The van der Waals surface area contributed by atoms with Crippen LogP contribution in [0.4, 0.5) is 5.82 Å². The molecule has 5 rings (SSSR count). The highest BCUT2D eigenvalue weighted by molar-refractivity contribution is 5.57. The van der Waals surface area contributed by atoms with Gasteiger partial charge in [0.2, 0.25) is 0 Å². The van der Waals surface area contributed by atoms with Crippen molar-refractivity contribution in [1.29, 1.82) is 0 Å². The number of aromatic nitrogens is 6. The third kappa shape index (κ3) is 4.41. The molecule has 1 atom stereocenters. The van der Waals surface area contributed by atoms with Crippen LogP contribution in [0.25, 0.3) is 17.1 Å². The number of nitrogens with zero attached hydrogens (tertiary/aromatic N) is 7. The maximum atomic E-state index is 10.3. The van der Waals surface area contributed by atoms with E-state index in [2.05, 4.69) is 27.4 Å². The second kappa shape index (κ2) is 8.84. The molecule has 0 spiro atoms. The number of hydrogen-bond acceptors (Lipinski definition) is 8. The zero-order valence-corrected chi connectivity index (χ0v) is 17.7. The predicted molar refractivity (Wildman–Crippen MR) is 115 cm³/mol. The smallest absolute Gasteiger partial charge is 0.414 e. The number of aryl methyl sites for hydroxylation is 1. The zero-order valence-electron chi connectivity index (χ0n) is 17.7. The van der Waals surface area contributed by atoms with Gasteiger partial charge in [-0.05, 0) is 53.5 Å². The van der Waals surface area contributed by atoms with Crippen molar-refractivity contribution in [2.45, 2.75) is 26.5 Å². The summed E-state index contributed by atoms with van der Waals surface area (Å²) >= 11 is 0. The summed E-state index contributed by atoms with van der Waals surface area (Å²) in [5.74, 6) is 1.37. The Bertz CT molecular complexity index is 1190. The Morgan fingerprint density at radius 1 is 1.16 bits per heavy atom. The van der Waals surface area contributed by atoms with E-state index in [1.807, 2.05) is 55.5 Å². The predicted octanol–water partition coefficient (Wildman–Crippen LogP) is 3.22. The number of methoxy groups -OCH3 is 1. The Balaban J connectivity index is 0.000000174. The summed E-state index contributed by atoms with van der Waals surface area (Å²) in [7, 11) is 1.64. The molecule has 32 heavy (non-hydrogen) atoms. The van der Waals surface area contributed by atoms with E-state index in [9.17, 15) is 10.1 Å². The molecule has 1 aliphatic rings. The van der Waals surface area contributed by atoms with Gasteiger partial charge in [0.05, 0.1) is 19.3 Å². The number of hydrogen-bond donors (Lipinski definition) is 0. The Hall–Kier alpha value is -4.28. The van der Waals surface area contributed by atoms with E-state index in [0.717, 1.165) is 22.8 Å². The molecule has 0 fully saturated rings. The third-order valence-electron chi connectivity index (χ3n) is 4.77. The van der Waals surface area contributed by atoms with Crippen LogP contribution < -0.4 is 9.47 Å². The van der Waals surface area contributed by atoms with Gasteiger partial charge < -0.3 is 19.6 Å². The van der Waals surface area contributed by atoms with Gasteiger partial charge in [-0.25, -0.2) is 0 Å². The van der Waals surface area contributed by atoms with Crippen LogP contribution in [0.2, 0.25) is 0 Å². The minimum absolute atomic E-state index is 0.0632. The molecule has 0 amide bonds. The molecule has 0 saturated carbocycles. The average Bonchev–Trinajstić information content (AvgIpc) is 3.50. The Kier molecular flexibility index (Phi) is 5.79. The molecule has 11 nitrogen and oxygen atoms in total. The monoisotopic (exact) mass is 435 g/mol. The summed E-state index contributed by atoms with van der Waals surface area (Å²) in [4.78, 5) is 13.4. The molecule has 0 aliphatic carbocycles. The Morgan fingerprint density at radius 2 is 1.88 bits per heavy atom. The van der Waals surface area contributed by atoms with Gasteiger partial charge in [0.1, 0.15) is 18.1 Å². The van der Waals surface area contributed by atoms with Crippen LogP contribution in [-0.4, -0.2) is 47.9 Å². The van der Waals surface area contributed by atoms with Crippen LogP contribution in [-0.2, 0) is 6.54 Å². The fourth-order valence-electron chi connectivity index (χ4n) is 3.16. The number of ether oxygens (including phenoxy) is 2. The fraction of sp³-hybridized carbons (Fsp3) is 0.238. The average molecular weight is 435 g/mol. The molecule has 11 heteroatoms. The minimum Gasteiger partial charge on any atom is -0.497 e. The van der Waals surface area contributed by atoms with E-state index in [4.69, 9.17) is 9.47 Å². The van der Waals surface area contributed by atoms with Crippen LogP contribution in [0, 0.1) is 17.0 Å². The van der Waals surface area contributed by atoms with Gasteiger partial charge in [-0.3, -0.25) is 4.57 Å². The Labute approximate surface area is 183 Å². The molecule has 1 aliphatic heterocycles. The molecule has 1 unspecified atom stereocenters. The van der Waals surface area contributed by atoms with Gasteiger partial charge in [-0.15, -0.1) is 5.10 Å². The molecule has 0 radical (unpaired) electrons. The molecule has 0 saturated heterocycles. The summed E-state index contributed by atoms with van der Waals surface area (Å²) in [6.45, 7) is 4.58. The standard InChI is InChI=1S/C15H14N4O.C6H7N3O3/c1-11-3-5-12(6-4-11)15-16-17-18-19(15)13-7-9-14(20-2)10-8-13;1-4-2-8-3-5(9(10)11)7-6(8)12-4/h3-10H,1-2H3;3-4H,2H2,1H3. The van der Waals surface area contributed by atoms with Crippen molar-refractivity contribution in [3.8, 4) is 28.8 Å². The van der Waals surface area contributed by atoms with Crippen molar-refractivity contribution in [1.82, 2.24) is 29.8 Å². The second-order valence-corrected chi connectivity index (χ2v) is 7.20. The first-order chi connectivity index (χ1) is 15.4. The number of imidazole rings is 1. The first-order valence-corrected chi connectivity index (χ1v) is 9.82. The second-order valence-electron chi connectivity index (χ2n) is 7.20. The van der Waals surface area contributed by atoms with Gasteiger partial charge in [-0.2, -0.15) is 4.68 Å². The molecule has 2 aromatic heterocycles. The van der Waals surface area contributed by atoms with Crippen LogP contribution in [0.1, 0.15) is 12.5 Å². The van der Waals surface area contributed by atoms with Gasteiger partial charge in [0.25, 0.3) is 0 Å². The minimum atomic E-state index is -0.528. The van der Waals surface area contributed by atoms with Crippen molar-refractivity contribution < 1.29 is 14.4 Å². The normalized spacial score (nSPS) is 14.2. The van der Waals surface area contributed by atoms with Gasteiger partial charge >= 0.3 is 11.8 Å². The maximum Gasteiger partial charge on any atom is 0.414 e. The van der Waals surface area contributed by atoms with Crippen LogP contribution in [0.5, 0.6) is 11.8 Å². The van der Waals surface area contributed by atoms with Crippen LogP contribution in [0.15, 0.2) is 54.7 Å².